The second kappa shape index (κ2) is 11.5. The lowest BCUT2D eigenvalue weighted by molar-refractivity contribution is -0.113. The zero-order valence-corrected chi connectivity index (χ0v) is 22.8. The number of methoxy groups -OCH3 is 1. The quantitative estimate of drug-likeness (QED) is 0.188. The number of hydrogen-bond acceptors (Lipinski definition) is 7. The molecule has 36 heavy (non-hydrogen) atoms. The fraction of sp³-hybridized carbons (Fsp3) is 0.200. The van der Waals surface area contributed by atoms with Crippen LogP contribution in [0.4, 0.5) is 5.00 Å². The van der Waals surface area contributed by atoms with Gasteiger partial charge in [0.15, 0.2) is 11.0 Å². The SMILES string of the molecule is CCn1c(SCC(=O)Nc2scc(-c3ccc(C)cc3)c2C(=O)OC)nnc1-c1ccc(Cl)c(Cl)c1. The molecule has 0 radical (unpaired) electrons. The second-order valence-corrected chi connectivity index (χ2v) is 10.4. The van der Waals surface area contributed by atoms with Crippen LogP contribution in [-0.2, 0) is 16.1 Å². The minimum absolute atomic E-state index is 0.0812. The van der Waals surface area contributed by atoms with Gasteiger partial charge in [-0.2, -0.15) is 0 Å². The van der Waals surface area contributed by atoms with E-state index in [2.05, 4.69) is 15.5 Å². The first-order valence-corrected chi connectivity index (χ1v) is 13.5. The van der Waals surface area contributed by atoms with Crippen molar-refractivity contribution in [3.8, 4) is 22.5 Å². The molecule has 0 atom stereocenters. The van der Waals surface area contributed by atoms with Gasteiger partial charge in [-0.3, -0.25) is 4.79 Å². The fourth-order valence-electron chi connectivity index (χ4n) is 3.52. The van der Waals surface area contributed by atoms with Gasteiger partial charge in [-0.15, -0.1) is 21.5 Å². The van der Waals surface area contributed by atoms with Crippen LogP contribution < -0.4 is 5.32 Å². The van der Waals surface area contributed by atoms with Crippen molar-refractivity contribution in [1.29, 1.82) is 0 Å². The lowest BCUT2D eigenvalue weighted by atomic mass is 10.0. The maximum atomic E-state index is 12.8. The number of nitrogens with zero attached hydrogens (tertiary/aromatic N) is 3. The molecule has 0 unspecified atom stereocenters. The van der Waals surface area contributed by atoms with E-state index in [-0.39, 0.29) is 11.7 Å². The van der Waals surface area contributed by atoms with Crippen molar-refractivity contribution in [3.63, 3.8) is 0 Å². The summed E-state index contributed by atoms with van der Waals surface area (Å²) >= 11 is 14.7. The molecule has 4 aromatic rings. The van der Waals surface area contributed by atoms with E-state index in [9.17, 15) is 9.59 Å². The third kappa shape index (κ3) is 5.59. The number of thioether (sulfide) groups is 1. The van der Waals surface area contributed by atoms with Crippen molar-refractivity contribution in [1.82, 2.24) is 14.8 Å². The maximum Gasteiger partial charge on any atom is 0.341 e. The highest BCUT2D eigenvalue weighted by atomic mass is 35.5. The van der Waals surface area contributed by atoms with E-state index in [1.54, 1.807) is 12.1 Å². The average molecular weight is 562 g/mol. The molecule has 2 aromatic heterocycles. The topological polar surface area (TPSA) is 86.1 Å². The van der Waals surface area contributed by atoms with Gasteiger partial charge < -0.3 is 14.6 Å². The number of carbonyl (C=O) groups is 2. The minimum Gasteiger partial charge on any atom is -0.465 e. The molecule has 11 heteroatoms. The van der Waals surface area contributed by atoms with E-state index < -0.39 is 5.97 Å². The van der Waals surface area contributed by atoms with E-state index in [0.29, 0.717) is 43.7 Å². The van der Waals surface area contributed by atoms with E-state index in [4.69, 9.17) is 27.9 Å². The van der Waals surface area contributed by atoms with Crippen LogP contribution in [0.3, 0.4) is 0 Å². The van der Waals surface area contributed by atoms with Crippen LogP contribution in [0.2, 0.25) is 10.0 Å². The molecule has 0 bridgehead atoms. The van der Waals surface area contributed by atoms with Crippen LogP contribution in [0, 0.1) is 6.92 Å². The Labute approximate surface area is 226 Å². The summed E-state index contributed by atoms with van der Waals surface area (Å²) in [7, 11) is 1.32. The van der Waals surface area contributed by atoms with Crippen LogP contribution in [0.1, 0.15) is 22.8 Å². The second-order valence-electron chi connectivity index (χ2n) is 7.73. The van der Waals surface area contributed by atoms with Crippen molar-refractivity contribution in [2.24, 2.45) is 0 Å². The zero-order chi connectivity index (χ0) is 25.8. The van der Waals surface area contributed by atoms with Crippen LogP contribution in [-0.4, -0.2) is 39.5 Å². The van der Waals surface area contributed by atoms with Crippen LogP contribution >= 0.6 is 46.3 Å². The first-order chi connectivity index (χ1) is 17.3. The number of carbonyl (C=O) groups excluding carboxylic acids is 2. The molecule has 4 rings (SSSR count). The van der Waals surface area contributed by atoms with Gasteiger partial charge in [-0.1, -0.05) is 64.8 Å². The van der Waals surface area contributed by atoms with E-state index >= 15 is 0 Å². The summed E-state index contributed by atoms with van der Waals surface area (Å²) in [6.45, 7) is 4.56. The molecule has 7 nitrogen and oxygen atoms in total. The van der Waals surface area contributed by atoms with Gasteiger partial charge >= 0.3 is 5.97 Å². The van der Waals surface area contributed by atoms with Gasteiger partial charge in [0.2, 0.25) is 5.91 Å². The van der Waals surface area contributed by atoms with E-state index in [1.807, 2.05) is 54.1 Å². The Balaban J connectivity index is 1.51. The van der Waals surface area contributed by atoms with Crippen LogP contribution in [0.5, 0.6) is 0 Å². The average Bonchev–Trinajstić information content (AvgIpc) is 3.48. The molecule has 2 aromatic carbocycles. The number of hydrogen-bond donors (Lipinski definition) is 1. The third-order valence-corrected chi connectivity index (χ3v) is 7.94. The summed E-state index contributed by atoms with van der Waals surface area (Å²) in [5, 5.41) is 15.2. The number of anilines is 1. The molecule has 0 saturated carbocycles. The number of aryl methyl sites for hydroxylation is 1. The van der Waals surface area contributed by atoms with Gasteiger partial charge in [0.25, 0.3) is 0 Å². The largest absolute Gasteiger partial charge is 0.465 e. The van der Waals surface area contributed by atoms with Crippen molar-refractivity contribution < 1.29 is 14.3 Å². The first kappa shape index (κ1) is 26.2. The fourth-order valence-corrected chi connectivity index (χ4v) is 5.60. The number of nitrogens with one attached hydrogen (secondary N) is 1. The molecule has 0 fully saturated rings. The van der Waals surface area contributed by atoms with E-state index in [1.165, 1.54) is 30.2 Å². The first-order valence-electron chi connectivity index (χ1n) is 10.9. The molecule has 1 amide bonds. The number of ether oxygens (including phenoxy) is 1. The van der Waals surface area contributed by atoms with Gasteiger partial charge in [-0.25, -0.2) is 4.79 Å². The molecule has 2 heterocycles. The third-order valence-electron chi connectivity index (χ3n) is 5.34. The Morgan fingerprint density at radius 2 is 1.81 bits per heavy atom. The Kier molecular flexibility index (Phi) is 8.35. The highest BCUT2D eigenvalue weighted by Gasteiger charge is 2.23. The van der Waals surface area contributed by atoms with E-state index in [0.717, 1.165) is 16.7 Å². The molecule has 1 N–H and O–H groups in total. The van der Waals surface area contributed by atoms with Crippen LogP contribution in [0.25, 0.3) is 22.5 Å². The lowest BCUT2D eigenvalue weighted by Gasteiger charge is -2.09. The van der Waals surface area contributed by atoms with Gasteiger partial charge in [-0.05, 0) is 37.6 Å². The predicted octanol–water partition coefficient (Wildman–Crippen LogP) is 6.83. The number of thiophene rings is 1. The Morgan fingerprint density at radius 1 is 1.08 bits per heavy atom. The minimum atomic E-state index is -0.508. The monoisotopic (exact) mass is 560 g/mol. The summed E-state index contributed by atoms with van der Waals surface area (Å²) in [5.74, 6) is -0.0679. The maximum absolute atomic E-state index is 12.8. The normalized spacial score (nSPS) is 10.9. The Bertz CT molecular complexity index is 1420. The molecule has 0 spiro atoms. The smallest absolute Gasteiger partial charge is 0.341 e. The molecule has 0 saturated heterocycles. The van der Waals surface area contributed by atoms with Crippen molar-refractivity contribution >= 4 is 63.2 Å². The lowest BCUT2D eigenvalue weighted by Crippen LogP contribution is -2.16. The molecule has 0 aliphatic heterocycles. The molecule has 186 valence electrons. The number of benzene rings is 2. The highest BCUT2D eigenvalue weighted by Crippen LogP contribution is 2.36. The van der Waals surface area contributed by atoms with Crippen LogP contribution in [0.15, 0.2) is 53.0 Å². The van der Waals surface area contributed by atoms with Gasteiger partial charge in [0.05, 0.1) is 22.9 Å². The predicted molar refractivity (Wildman–Crippen MR) is 146 cm³/mol. The molecule has 0 aliphatic rings. The molecule has 0 aliphatic carbocycles. The van der Waals surface area contributed by atoms with Crippen molar-refractivity contribution in [2.75, 3.05) is 18.2 Å². The highest BCUT2D eigenvalue weighted by molar-refractivity contribution is 7.99. The number of rotatable bonds is 8. The number of halogens is 2. The number of aromatic nitrogens is 3. The standard InChI is InChI=1S/C25H22Cl2N4O3S2/c1-4-31-22(16-9-10-18(26)19(27)11-16)29-30-25(31)36-13-20(32)28-23-21(24(33)34-3)17(12-35-23)15-7-5-14(2)6-8-15/h5-12H,4,13H2,1-3H3,(H,28,32). The summed E-state index contributed by atoms with van der Waals surface area (Å²) < 4.78 is 6.90. The number of esters is 1. The summed E-state index contributed by atoms with van der Waals surface area (Å²) in [4.78, 5) is 25.4. The molecular weight excluding hydrogens is 539 g/mol. The van der Waals surface area contributed by atoms with Crippen molar-refractivity contribution in [3.05, 3.63) is 69.0 Å². The van der Waals surface area contributed by atoms with Crippen molar-refractivity contribution in [2.45, 2.75) is 25.5 Å². The zero-order valence-electron chi connectivity index (χ0n) is 19.7. The Morgan fingerprint density at radius 3 is 2.47 bits per heavy atom. The van der Waals surface area contributed by atoms with Gasteiger partial charge in [0, 0.05) is 23.1 Å². The summed E-state index contributed by atoms with van der Waals surface area (Å²) in [5.41, 5.74) is 3.81. The summed E-state index contributed by atoms with van der Waals surface area (Å²) in [6.07, 6.45) is 0. The molecular formula is C25H22Cl2N4O3S2. The number of amides is 1. The van der Waals surface area contributed by atoms with Gasteiger partial charge in [0.1, 0.15) is 10.6 Å². The Hall–Kier alpha value is -2.85. The summed E-state index contributed by atoms with van der Waals surface area (Å²) in [6, 6.07) is 13.1.